The van der Waals surface area contributed by atoms with Gasteiger partial charge >= 0.3 is 118 Å². The van der Waals surface area contributed by atoms with E-state index in [-0.39, 0.29) is 118 Å². The van der Waals surface area contributed by atoms with Crippen molar-refractivity contribution >= 4 is 19.2 Å². The summed E-state index contributed by atoms with van der Waals surface area (Å²) in [6, 6.07) is 0. The molecule has 13 heteroatoms. The van der Waals surface area contributed by atoms with Crippen molar-refractivity contribution in [1.82, 2.24) is 0 Å². The molecule has 0 aromatic rings. The van der Waals surface area contributed by atoms with E-state index < -0.39 is 19.2 Å². The first kappa shape index (κ1) is 36.0. The SMILES string of the molecule is O=P([O-])([O-])[O-].O=S([O-])O.[Na+].[Na+].[Na+].[Na+]. The minimum atomic E-state index is -5.39. The van der Waals surface area contributed by atoms with Gasteiger partial charge in [-0.05, 0) is 0 Å². The van der Waals surface area contributed by atoms with Gasteiger partial charge in [0.15, 0.2) is 0 Å². The van der Waals surface area contributed by atoms with Crippen LogP contribution in [0.2, 0.25) is 0 Å². The van der Waals surface area contributed by atoms with E-state index >= 15 is 0 Å². The summed E-state index contributed by atoms with van der Waals surface area (Å²) in [5.41, 5.74) is 0. The molecular weight excluding hydrogens is 267 g/mol. The summed E-state index contributed by atoms with van der Waals surface area (Å²) in [6.07, 6.45) is 0. The first-order chi connectivity index (χ1) is 3.73. The van der Waals surface area contributed by atoms with Gasteiger partial charge in [-0.3, -0.25) is 0 Å². The summed E-state index contributed by atoms with van der Waals surface area (Å²) in [5.74, 6) is 0. The van der Waals surface area contributed by atoms with E-state index in [0.29, 0.717) is 0 Å². The predicted molar refractivity (Wildman–Crippen MR) is 19.2 cm³/mol. The summed E-state index contributed by atoms with van der Waals surface area (Å²) in [7, 11) is -5.39. The van der Waals surface area contributed by atoms with Gasteiger partial charge in [0.2, 0.25) is 0 Å². The normalized spacial score (nSPS) is 9.31. The minimum absolute atomic E-state index is 0. The molecule has 1 unspecified atom stereocenters. The van der Waals surface area contributed by atoms with Crippen LogP contribution in [-0.2, 0) is 15.9 Å². The maximum Gasteiger partial charge on any atom is 1.00 e. The van der Waals surface area contributed by atoms with Gasteiger partial charge in [0.1, 0.15) is 0 Å². The Bertz CT molecular complexity index is 120. The van der Waals surface area contributed by atoms with Crippen molar-refractivity contribution in [2.24, 2.45) is 0 Å². The van der Waals surface area contributed by atoms with Gasteiger partial charge in [-0.1, -0.05) is 0 Å². The molecule has 0 amide bonds. The molecular formula is HNa4O7PS. The molecule has 0 heterocycles. The zero-order valence-electron chi connectivity index (χ0n) is 7.75. The molecule has 0 aromatic carbocycles. The maximum atomic E-state index is 8.56. The van der Waals surface area contributed by atoms with Crippen molar-refractivity contribution in [1.29, 1.82) is 0 Å². The van der Waals surface area contributed by atoms with Gasteiger partial charge in [-0.15, -0.1) is 0 Å². The third-order valence-corrected chi connectivity index (χ3v) is 0. The fraction of sp³-hybridized carbons (Fsp3) is 0. The van der Waals surface area contributed by atoms with E-state index in [9.17, 15) is 0 Å². The van der Waals surface area contributed by atoms with Crippen LogP contribution in [0, 0.1) is 0 Å². The molecule has 13 heavy (non-hydrogen) atoms. The van der Waals surface area contributed by atoms with Gasteiger partial charge in [-0.2, -0.15) is 7.82 Å². The zero-order chi connectivity index (χ0) is 8.08. The van der Waals surface area contributed by atoms with Crippen LogP contribution >= 0.6 is 7.82 Å². The largest absolute Gasteiger partial charge is 1.00 e. The number of hydrogen-bond donors (Lipinski definition) is 1. The van der Waals surface area contributed by atoms with E-state index in [1.807, 2.05) is 0 Å². The molecule has 0 fully saturated rings. The molecule has 0 aromatic heterocycles. The fourth-order valence-corrected chi connectivity index (χ4v) is 0. The topological polar surface area (TPSA) is 147 Å². The summed E-state index contributed by atoms with van der Waals surface area (Å²) >= 11 is -2.86. The summed E-state index contributed by atoms with van der Waals surface area (Å²) < 4.78 is 32.6. The molecule has 0 rings (SSSR count). The standard InChI is InChI=1S/4Na.H3O4P.H2O3S/c;;;;1-5(2,3)4;1-4(2)3/h;;;;(H3,1,2,3,4);(H2,1,2,3)/q4*+1;;/p-4. The van der Waals surface area contributed by atoms with Crippen LogP contribution in [0.3, 0.4) is 0 Å². The van der Waals surface area contributed by atoms with Crippen LogP contribution in [0.25, 0.3) is 0 Å². The molecule has 0 radical (unpaired) electrons. The Morgan fingerprint density at radius 3 is 1.00 bits per heavy atom. The molecule has 1 N–H and O–H groups in total. The van der Waals surface area contributed by atoms with Crippen molar-refractivity contribution in [3.05, 3.63) is 0 Å². The molecule has 0 saturated carbocycles. The van der Waals surface area contributed by atoms with Gasteiger partial charge in [0, 0.05) is 0 Å². The van der Waals surface area contributed by atoms with Crippen LogP contribution in [0.4, 0.5) is 0 Å². The van der Waals surface area contributed by atoms with Gasteiger partial charge in [-0.25, -0.2) is 4.21 Å². The Labute approximate surface area is 166 Å². The van der Waals surface area contributed by atoms with Gasteiger partial charge in [0.05, 0.1) is 11.4 Å². The number of phosphoric acid groups is 1. The van der Waals surface area contributed by atoms with Crippen molar-refractivity contribution in [3.8, 4) is 0 Å². The van der Waals surface area contributed by atoms with E-state index in [2.05, 4.69) is 0 Å². The predicted octanol–water partition coefficient (Wildman–Crippen LogP) is -15.5. The van der Waals surface area contributed by atoms with E-state index in [0.717, 1.165) is 0 Å². The first-order valence-corrected chi connectivity index (χ1v) is 3.74. The number of rotatable bonds is 0. The molecule has 0 aliphatic rings. The molecule has 0 saturated heterocycles. The van der Waals surface area contributed by atoms with E-state index in [1.54, 1.807) is 0 Å². The van der Waals surface area contributed by atoms with Crippen LogP contribution < -0.4 is 133 Å². The maximum absolute atomic E-state index is 8.56. The Morgan fingerprint density at radius 2 is 1.00 bits per heavy atom. The Hall–Kier alpha value is 4.18. The first-order valence-electron chi connectivity index (χ1n) is 1.25. The van der Waals surface area contributed by atoms with Crippen molar-refractivity contribution in [2.75, 3.05) is 0 Å². The monoisotopic (exact) mass is 268 g/mol. The summed E-state index contributed by atoms with van der Waals surface area (Å²) in [6.45, 7) is 0. The average Bonchev–Trinajstić information content (AvgIpc) is 1.19. The van der Waals surface area contributed by atoms with Crippen LogP contribution in [0.5, 0.6) is 0 Å². The van der Waals surface area contributed by atoms with Crippen LogP contribution in [0.15, 0.2) is 0 Å². The summed E-state index contributed by atoms with van der Waals surface area (Å²) in [5, 5.41) is 0. The van der Waals surface area contributed by atoms with Crippen molar-refractivity contribution in [3.63, 3.8) is 0 Å². The smallest absolute Gasteiger partial charge is 0.822 e. The Balaban J connectivity index is -0.0000000146. The van der Waals surface area contributed by atoms with Crippen molar-refractivity contribution < 1.29 is 151 Å². The molecule has 0 aliphatic carbocycles. The second-order valence-electron chi connectivity index (χ2n) is 0.664. The molecule has 0 spiro atoms. The van der Waals surface area contributed by atoms with Crippen LogP contribution in [0.1, 0.15) is 0 Å². The van der Waals surface area contributed by atoms with E-state index in [4.69, 9.17) is 32.6 Å². The third-order valence-electron chi connectivity index (χ3n) is 0. The molecule has 1 atom stereocenters. The zero-order valence-corrected chi connectivity index (χ0v) is 17.5. The van der Waals surface area contributed by atoms with Crippen LogP contribution in [-0.4, -0.2) is 13.3 Å². The second kappa shape index (κ2) is 21.5. The quantitative estimate of drug-likeness (QED) is 0.260. The number of hydrogen-bond acceptors (Lipinski definition) is 6. The van der Waals surface area contributed by atoms with E-state index in [1.165, 1.54) is 0 Å². The molecule has 0 aliphatic heterocycles. The average molecular weight is 268 g/mol. The molecule has 7 nitrogen and oxygen atoms in total. The van der Waals surface area contributed by atoms with Gasteiger partial charge in [0.25, 0.3) is 0 Å². The minimum Gasteiger partial charge on any atom is -0.822 e. The van der Waals surface area contributed by atoms with Crippen molar-refractivity contribution in [2.45, 2.75) is 0 Å². The Kier molecular flexibility index (Phi) is 59.4. The summed E-state index contributed by atoms with van der Waals surface area (Å²) in [4.78, 5) is 25.6. The fourth-order valence-electron chi connectivity index (χ4n) is 0. The third kappa shape index (κ3) is 186. The second-order valence-corrected chi connectivity index (χ2v) is 1.99. The molecule has 0 bridgehead atoms. The van der Waals surface area contributed by atoms with Gasteiger partial charge < -0.3 is 28.4 Å². The Morgan fingerprint density at radius 1 is 1.00 bits per heavy atom. The molecule has 58 valence electrons.